The summed E-state index contributed by atoms with van der Waals surface area (Å²) in [6.45, 7) is 53.8. The van der Waals surface area contributed by atoms with Gasteiger partial charge in [0.15, 0.2) is 5.78 Å². The first-order chi connectivity index (χ1) is 57.7. The summed E-state index contributed by atoms with van der Waals surface area (Å²) in [5, 5.41) is 25.5. The van der Waals surface area contributed by atoms with Crippen molar-refractivity contribution >= 4 is 77.9 Å². The number of aliphatic hydroxyl groups is 1. The Hall–Kier alpha value is -9.92. The molecule has 5 aromatic carbocycles. The Morgan fingerprint density at radius 1 is 0.444 bits per heavy atom. The predicted molar refractivity (Wildman–Crippen MR) is 498 cm³/mol. The number of carbonyl (C=O) groups excluding carboxylic acids is 11. The Morgan fingerprint density at radius 3 is 1.02 bits per heavy atom. The van der Waals surface area contributed by atoms with Crippen molar-refractivity contribution in [2.24, 2.45) is 5.73 Å². The zero-order chi connectivity index (χ0) is 94.9. The first-order valence-electron chi connectivity index (χ1n) is 43.6. The number of hydrogen-bond donors (Lipinski definition) is 8. The largest absolute Gasteiger partial charge is 0.466 e. The van der Waals surface area contributed by atoms with Crippen molar-refractivity contribution in [1.29, 1.82) is 0 Å². The van der Waals surface area contributed by atoms with E-state index in [1.54, 1.807) is 131 Å². The number of Topliss-reactive ketones (excluding diaryl/α,β-unsaturated/α-hetero) is 2. The van der Waals surface area contributed by atoms with Gasteiger partial charge in [-0.05, 0) is 185 Å². The molecule has 0 saturated carbocycles. The van der Waals surface area contributed by atoms with Gasteiger partial charge in [-0.25, -0.2) is 19.2 Å². The highest BCUT2D eigenvalue weighted by Crippen LogP contribution is 2.35. The number of rotatable bonds is 15. The number of likely N-dealkylation sites (N-methyl/N-ethyl adjacent to an activating group) is 2. The van der Waals surface area contributed by atoms with E-state index in [1.165, 1.54) is 25.0 Å². The molecule has 0 bridgehead atoms. The quantitative estimate of drug-likeness (QED) is 0.0356. The van der Waals surface area contributed by atoms with E-state index in [0.29, 0.717) is 31.8 Å². The van der Waals surface area contributed by atoms with E-state index >= 15 is 0 Å². The van der Waals surface area contributed by atoms with E-state index < -0.39 is 89.3 Å². The van der Waals surface area contributed by atoms with Crippen LogP contribution in [-0.4, -0.2) is 185 Å². The van der Waals surface area contributed by atoms with Gasteiger partial charge in [0.1, 0.15) is 52.9 Å². The number of benzene rings is 5. The van der Waals surface area contributed by atoms with Crippen molar-refractivity contribution in [1.82, 2.24) is 41.7 Å². The number of halogens is 1. The summed E-state index contributed by atoms with van der Waals surface area (Å²) >= 11 is 0. The summed E-state index contributed by atoms with van der Waals surface area (Å²) in [5.41, 5.74) is 8.93. The zero-order valence-corrected chi connectivity index (χ0v) is 81.1. The molecular weight excluding hydrogens is 1600 g/mol. The van der Waals surface area contributed by atoms with Gasteiger partial charge in [-0.1, -0.05) is 221 Å². The highest BCUT2D eigenvalue weighted by Gasteiger charge is 2.42. The molecule has 0 aromatic heterocycles. The molecule has 124 heavy (non-hydrogen) atoms. The van der Waals surface area contributed by atoms with Gasteiger partial charge in [0.05, 0.1) is 18.7 Å². The lowest BCUT2D eigenvalue weighted by Crippen LogP contribution is -2.57. The molecule has 4 saturated heterocycles. The van der Waals surface area contributed by atoms with Crippen LogP contribution in [0.3, 0.4) is 0 Å². The molecule has 0 radical (unpaired) electrons. The topological polar surface area (TPSA) is 359 Å². The molecule has 4 aliphatic heterocycles. The van der Waals surface area contributed by atoms with E-state index in [0.717, 1.165) is 23.1 Å². The summed E-state index contributed by atoms with van der Waals surface area (Å²) in [4.78, 5) is 133. The Labute approximate surface area is 749 Å². The first kappa shape index (κ1) is 118. The van der Waals surface area contributed by atoms with Gasteiger partial charge in [0.2, 0.25) is 23.6 Å². The number of nitrogens with zero attached hydrogens (tertiary/aromatic N) is 2. The number of ether oxygens (including phenoxy) is 5. The number of alkyl carbamates (subject to hydrolysis) is 4. The van der Waals surface area contributed by atoms with Crippen LogP contribution >= 0.6 is 12.4 Å². The lowest BCUT2D eigenvalue weighted by molar-refractivity contribution is -0.140. The number of esters is 1. The molecule has 8 amide bonds. The molecule has 14 atom stereocenters. The van der Waals surface area contributed by atoms with Crippen LogP contribution in [0.5, 0.6) is 0 Å². The molecule has 4 fully saturated rings. The van der Waals surface area contributed by atoms with Crippen LogP contribution in [0.25, 0.3) is 0 Å². The molecule has 5 aromatic rings. The van der Waals surface area contributed by atoms with Crippen molar-refractivity contribution in [3.63, 3.8) is 0 Å². The number of amides is 8. The number of piperidine rings is 4. The van der Waals surface area contributed by atoms with Crippen molar-refractivity contribution in [2.45, 2.75) is 339 Å². The van der Waals surface area contributed by atoms with Crippen LogP contribution in [0.15, 0.2) is 152 Å². The maximum absolute atomic E-state index is 12.5. The molecule has 698 valence electrons. The smallest absolute Gasteiger partial charge is 0.408 e. The minimum Gasteiger partial charge on any atom is -0.466 e. The number of nitrogens with one attached hydrogen (secondary N) is 6. The van der Waals surface area contributed by atoms with Crippen LogP contribution in [-0.2, 0) is 57.2 Å². The Kier molecular flexibility index (Phi) is 57.8. The van der Waals surface area contributed by atoms with Crippen molar-refractivity contribution in [2.75, 3.05) is 27.3 Å². The van der Waals surface area contributed by atoms with Crippen LogP contribution < -0.4 is 37.6 Å². The van der Waals surface area contributed by atoms with Crippen LogP contribution in [0, 0.1) is 0 Å². The minimum absolute atomic E-state index is 0. The molecule has 5 unspecified atom stereocenters. The third-order valence-corrected chi connectivity index (χ3v) is 19.0. The summed E-state index contributed by atoms with van der Waals surface area (Å²) in [5.74, 6) is -0.938. The van der Waals surface area contributed by atoms with Gasteiger partial charge in [-0.2, -0.15) is 0 Å². The second-order valence-electron chi connectivity index (χ2n) is 32.7. The second kappa shape index (κ2) is 60.6. The fourth-order valence-electron chi connectivity index (χ4n) is 13.2. The number of hydrogen-bond acceptors (Lipinski definition) is 18. The minimum atomic E-state index is -1.00. The normalized spacial score (nSPS) is 20.8. The third kappa shape index (κ3) is 45.1. The van der Waals surface area contributed by atoms with E-state index in [9.17, 15) is 52.7 Å². The summed E-state index contributed by atoms with van der Waals surface area (Å²) in [6, 6.07) is 46.7. The van der Waals surface area contributed by atoms with Gasteiger partial charge in [0.25, 0.3) is 0 Å². The molecule has 26 nitrogen and oxygen atoms in total. The molecule has 4 aliphatic rings. The zero-order valence-electron chi connectivity index (χ0n) is 80.3. The van der Waals surface area contributed by atoms with Gasteiger partial charge in [0, 0.05) is 74.8 Å². The molecule has 0 aliphatic carbocycles. The van der Waals surface area contributed by atoms with Crippen LogP contribution in [0.1, 0.15) is 290 Å². The monoisotopic (exact) mass is 1750 g/mol. The van der Waals surface area contributed by atoms with E-state index in [-0.39, 0.29) is 102 Å². The van der Waals surface area contributed by atoms with Crippen LogP contribution in [0.2, 0.25) is 0 Å². The molecule has 9 N–H and O–H groups in total. The Bertz CT molecular complexity index is 3780. The lowest BCUT2D eigenvalue weighted by atomic mass is 9.82. The van der Waals surface area contributed by atoms with Gasteiger partial charge in [-0.3, -0.25) is 33.6 Å². The average Bonchev–Trinajstić information content (AvgIpc) is 0.803. The van der Waals surface area contributed by atoms with Crippen molar-refractivity contribution in [3.8, 4) is 0 Å². The fourth-order valence-corrected chi connectivity index (χ4v) is 13.2. The highest BCUT2D eigenvalue weighted by molar-refractivity contribution is 5.91. The molecular formula is C97H156ClN9O17. The highest BCUT2D eigenvalue weighted by atomic mass is 35.5. The van der Waals surface area contributed by atoms with Gasteiger partial charge >= 0.3 is 30.3 Å². The van der Waals surface area contributed by atoms with Crippen LogP contribution in [0.4, 0.5) is 19.2 Å². The summed E-state index contributed by atoms with van der Waals surface area (Å²) in [6.07, 6.45) is 0.0882. The number of carbonyl (C=O) groups is 11. The van der Waals surface area contributed by atoms with E-state index in [1.807, 2.05) is 200 Å². The first-order valence-corrected chi connectivity index (χ1v) is 43.6. The Balaban J connectivity index is -0.00000141. The molecule has 27 heteroatoms. The Morgan fingerprint density at radius 2 is 0.726 bits per heavy atom. The van der Waals surface area contributed by atoms with Gasteiger partial charge in [-0.15, -0.1) is 12.4 Å². The number of ketones is 2. The average molecular weight is 1760 g/mol. The SMILES string of the molecule is CC.CC.CC.CC.CC.CC(=O)C(CC(NC(=O)OC(C)(C)C)C(=O)CO)c1ccccc1.CC1NC(=O)C(NC(=O)OC(C)(C)C)CC1c1ccccc1.CCOC(C)=O.C[C@@H]1[C@H](c2ccccc2)C[C@H](N)C(=O)N1C.C[C@@H]1[C@H](c2ccccc2)C[C@H](NC(=O)OC(C)(C)C)C(=O)N1C.C[C@H]1NC(=O)[C@@H](NC(=O)OC(C)(C)C)C[C@H]1c1ccccc1.Cl. The van der Waals surface area contributed by atoms with Crippen molar-refractivity contribution in [3.05, 3.63) is 179 Å². The number of nitrogens with two attached hydrogens (primary N) is 1. The summed E-state index contributed by atoms with van der Waals surface area (Å²) < 4.78 is 25.3. The molecule has 0 spiro atoms. The molecule has 4 heterocycles. The standard InChI is InChI=1S/C18H26N2O3.C18H25NO5.2C17H24N2O3.C13H18N2O.C4H8O2.5C2H6.ClH/c1-12-14(13-9-7-6-8-10-13)11-15(16(21)20(12)5)19-17(22)23-18(2,3)4;1-12(21)14(13-8-6-5-7-9-13)10-15(16(22)11-20)19-17(23)24-18(2,3)4;2*1-11-13(12-8-6-5-7-9-12)10-14(15(20)18-11)19-16(21)22-17(2,3)4;1-9-11(10-6-4-3-5-7-10)8-12(14)13(16)15(9)2;1-3-6-4(2)5;5*1-2;/h6-10,12,14-15H,11H2,1-5H3,(H,19,22);5-9,14-15,20H,10-11H2,1-4H3,(H,19,23);2*5-9,11,13-14H,10H2,1-4H3,(H,18,20)(H,19,21);3-7,9,11-12H,8,14H2,1-2H3;3H2,1-2H3;5*1-2H3;1H/t12-,14-,15+;;11-,13-,14+;;9-,11-,12+;;;;;;;/m1.1.1......./s1. The maximum atomic E-state index is 12.5. The maximum Gasteiger partial charge on any atom is 0.408 e. The summed E-state index contributed by atoms with van der Waals surface area (Å²) in [7, 11) is 3.62. The lowest BCUT2D eigenvalue weighted by Gasteiger charge is -2.41. The predicted octanol–water partition coefficient (Wildman–Crippen LogP) is 17.7. The second-order valence-corrected chi connectivity index (χ2v) is 32.7. The number of likely N-dealkylation sites (tertiary alicyclic amines) is 2. The molecule has 9 rings (SSSR count). The van der Waals surface area contributed by atoms with Crippen molar-refractivity contribution < 1.29 is 81.5 Å². The number of aliphatic hydroxyl groups excluding tert-OH is 1. The fraction of sp³-hybridized carbons (Fsp3) is 0.577. The van der Waals surface area contributed by atoms with E-state index in [4.69, 9.17) is 29.8 Å². The van der Waals surface area contributed by atoms with E-state index in [2.05, 4.69) is 67.8 Å². The third-order valence-electron chi connectivity index (χ3n) is 19.0. The van der Waals surface area contributed by atoms with Gasteiger partial charge < -0.3 is 76.2 Å².